The van der Waals surface area contributed by atoms with Crippen LogP contribution in [0.2, 0.25) is 0 Å². The lowest BCUT2D eigenvalue weighted by molar-refractivity contribution is -0.153. The Balaban J connectivity index is 3.35. The second-order valence-corrected chi connectivity index (χ2v) is 5.04. The van der Waals surface area contributed by atoms with Gasteiger partial charge in [0.05, 0.1) is 5.41 Å². The van der Waals surface area contributed by atoms with E-state index in [9.17, 15) is 9.90 Å². The minimum Gasteiger partial charge on any atom is -0.247 e. The lowest BCUT2D eigenvalue weighted by Gasteiger charge is -2.16. The second-order valence-electron chi connectivity index (χ2n) is 5.04. The van der Waals surface area contributed by atoms with E-state index < -0.39 is 11.4 Å². The predicted molar refractivity (Wildman–Crippen MR) is 62.1 cm³/mol. The molecule has 89 valence electrons. The van der Waals surface area contributed by atoms with Crippen LogP contribution in [0, 0.1) is 5.41 Å². The van der Waals surface area contributed by atoms with E-state index in [-0.39, 0.29) is 0 Å². The summed E-state index contributed by atoms with van der Waals surface area (Å²) >= 11 is 0. The van der Waals surface area contributed by atoms with Crippen molar-refractivity contribution in [3.63, 3.8) is 0 Å². The fourth-order valence-electron chi connectivity index (χ4n) is 1.63. The van der Waals surface area contributed by atoms with Gasteiger partial charge in [0, 0.05) is 0 Å². The van der Waals surface area contributed by atoms with Crippen LogP contribution in [0.25, 0.3) is 0 Å². The van der Waals surface area contributed by atoms with Crippen LogP contribution in [0.4, 0.5) is 0 Å². The molecule has 0 unspecified atom stereocenters. The van der Waals surface area contributed by atoms with Gasteiger partial charge in [-0.1, -0.05) is 51.9 Å². The van der Waals surface area contributed by atoms with Crippen LogP contribution in [0.1, 0.15) is 72.1 Å². The zero-order valence-electron chi connectivity index (χ0n) is 10.5. The minimum absolute atomic E-state index is 0.649. The van der Waals surface area contributed by atoms with Crippen molar-refractivity contribution in [1.29, 1.82) is 0 Å². The monoisotopic (exact) mass is 213 g/mol. The van der Waals surface area contributed by atoms with Crippen LogP contribution in [-0.4, -0.2) is 5.97 Å². The molecule has 15 heavy (non-hydrogen) atoms. The van der Waals surface area contributed by atoms with E-state index in [0.29, 0.717) is 0 Å². The Kier molecular flexibility index (Phi) is 7.45. The summed E-state index contributed by atoms with van der Waals surface area (Å²) in [7, 11) is 0. The molecule has 1 radical (unpaired) electrons. The summed E-state index contributed by atoms with van der Waals surface area (Å²) < 4.78 is 0. The van der Waals surface area contributed by atoms with Crippen molar-refractivity contribution in [1.82, 2.24) is 0 Å². The molecule has 0 bridgehead atoms. The van der Waals surface area contributed by atoms with Crippen LogP contribution in [0.5, 0.6) is 0 Å². The molecule has 0 heterocycles. The first-order chi connectivity index (χ1) is 7.00. The molecule has 0 N–H and O–H groups in total. The molecule has 0 saturated carbocycles. The normalized spacial score (nSPS) is 11.7. The Labute approximate surface area is 94.1 Å². The molecule has 0 fully saturated rings. The molecule has 0 aliphatic rings. The summed E-state index contributed by atoms with van der Waals surface area (Å²) in [6.07, 6.45) is 9.35. The molecule has 0 aromatic carbocycles. The fraction of sp³-hybridized carbons (Fsp3) is 0.923. The summed E-state index contributed by atoms with van der Waals surface area (Å²) in [4.78, 5) is 10.7. The van der Waals surface area contributed by atoms with Crippen LogP contribution in [0.15, 0.2) is 0 Å². The van der Waals surface area contributed by atoms with E-state index in [1.807, 2.05) is 0 Å². The Morgan fingerprint density at radius 3 is 1.87 bits per heavy atom. The summed E-state index contributed by atoms with van der Waals surface area (Å²) in [6, 6.07) is 0. The first-order valence-corrected chi connectivity index (χ1v) is 6.22. The first-order valence-electron chi connectivity index (χ1n) is 6.22. The predicted octanol–water partition coefficient (Wildman–Crippen LogP) is 4.11. The van der Waals surface area contributed by atoms with Gasteiger partial charge in [0.2, 0.25) is 0 Å². The van der Waals surface area contributed by atoms with Gasteiger partial charge in [-0.25, -0.2) is 9.90 Å². The Bertz CT molecular complexity index is 173. The molecule has 0 aliphatic carbocycles. The maximum absolute atomic E-state index is 10.7. The molecule has 0 rings (SSSR count). The van der Waals surface area contributed by atoms with Gasteiger partial charge in [-0.15, -0.1) is 0 Å². The number of rotatable bonds is 9. The lowest BCUT2D eigenvalue weighted by atomic mass is 9.87. The van der Waals surface area contributed by atoms with E-state index in [1.165, 1.54) is 32.1 Å². The molecule has 0 aromatic heterocycles. The molecular formula is C13H25O2. The summed E-state index contributed by atoms with van der Waals surface area (Å²) in [5, 5.41) is 10.7. The Hall–Kier alpha value is -0.530. The highest BCUT2D eigenvalue weighted by Crippen LogP contribution is 2.24. The van der Waals surface area contributed by atoms with Gasteiger partial charge < -0.3 is 0 Å². The summed E-state index contributed by atoms with van der Waals surface area (Å²) in [6.45, 7) is 5.71. The van der Waals surface area contributed by atoms with Crippen molar-refractivity contribution >= 4 is 5.97 Å². The van der Waals surface area contributed by atoms with Crippen molar-refractivity contribution in [3.05, 3.63) is 0 Å². The van der Waals surface area contributed by atoms with E-state index in [0.717, 1.165) is 19.3 Å². The van der Waals surface area contributed by atoms with Crippen LogP contribution < -0.4 is 0 Å². The summed E-state index contributed by atoms with van der Waals surface area (Å²) in [5.41, 5.74) is -0.649. The third-order valence-electron chi connectivity index (χ3n) is 2.96. The van der Waals surface area contributed by atoms with E-state index in [2.05, 4.69) is 6.92 Å². The van der Waals surface area contributed by atoms with Gasteiger partial charge >= 0.3 is 5.97 Å². The van der Waals surface area contributed by atoms with Crippen molar-refractivity contribution in [2.24, 2.45) is 5.41 Å². The number of hydrogen-bond acceptors (Lipinski definition) is 1. The minimum atomic E-state index is -0.923. The molecule has 2 nitrogen and oxygen atoms in total. The second kappa shape index (κ2) is 7.72. The quantitative estimate of drug-likeness (QED) is 0.531. The van der Waals surface area contributed by atoms with Gasteiger partial charge in [0.15, 0.2) is 0 Å². The molecule has 2 heteroatoms. The van der Waals surface area contributed by atoms with Crippen LogP contribution in [-0.2, 0) is 9.90 Å². The average molecular weight is 213 g/mol. The van der Waals surface area contributed by atoms with E-state index >= 15 is 0 Å². The lowest BCUT2D eigenvalue weighted by Crippen LogP contribution is -2.22. The Morgan fingerprint density at radius 1 is 0.933 bits per heavy atom. The average Bonchev–Trinajstić information content (AvgIpc) is 2.16. The van der Waals surface area contributed by atoms with Gasteiger partial charge in [-0.3, -0.25) is 0 Å². The van der Waals surface area contributed by atoms with Crippen molar-refractivity contribution in [3.8, 4) is 0 Å². The van der Waals surface area contributed by atoms with E-state index in [1.54, 1.807) is 13.8 Å². The topological polar surface area (TPSA) is 37.0 Å². The standard InChI is InChI=1S/C13H25O2/c1-4-5-6-7-8-9-10-11-13(2,3)12(14)15/h4-11H2,1-3H3. The van der Waals surface area contributed by atoms with Gasteiger partial charge in [-0.05, 0) is 20.3 Å². The summed E-state index contributed by atoms with van der Waals surface area (Å²) in [5.74, 6) is -0.923. The largest absolute Gasteiger partial charge is 0.361 e. The van der Waals surface area contributed by atoms with Crippen molar-refractivity contribution in [2.75, 3.05) is 0 Å². The maximum atomic E-state index is 10.7. The maximum Gasteiger partial charge on any atom is 0.361 e. The SMILES string of the molecule is CCCCCCCCCC(C)(C)C([O])=O. The number of carbonyl (C=O) groups excluding carboxylic acids is 1. The molecule has 0 aromatic rings. The Morgan fingerprint density at radius 2 is 1.40 bits per heavy atom. The van der Waals surface area contributed by atoms with Crippen molar-refractivity contribution < 1.29 is 9.90 Å². The van der Waals surface area contributed by atoms with E-state index in [4.69, 9.17) is 0 Å². The zero-order chi connectivity index (χ0) is 11.7. The number of unbranched alkanes of at least 4 members (excludes halogenated alkanes) is 6. The zero-order valence-corrected chi connectivity index (χ0v) is 10.5. The highest BCUT2D eigenvalue weighted by Gasteiger charge is 2.27. The number of carbonyl (C=O) groups is 1. The highest BCUT2D eigenvalue weighted by molar-refractivity contribution is 5.73. The molecule has 0 amide bonds. The molecule has 0 aliphatic heterocycles. The molecule has 0 spiro atoms. The van der Waals surface area contributed by atoms with Crippen LogP contribution in [0.3, 0.4) is 0 Å². The third-order valence-corrected chi connectivity index (χ3v) is 2.96. The van der Waals surface area contributed by atoms with Gasteiger partial charge in [0.1, 0.15) is 0 Å². The molecular weight excluding hydrogens is 188 g/mol. The van der Waals surface area contributed by atoms with Gasteiger partial charge in [0.25, 0.3) is 0 Å². The third kappa shape index (κ3) is 7.40. The smallest absolute Gasteiger partial charge is 0.247 e. The first kappa shape index (κ1) is 14.5. The molecule has 0 atom stereocenters. The number of hydrogen-bond donors (Lipinski definition) is 0. The van der Waals surface area contributed by atoms with Gasteiger partial charge in [-0.2, -0.15) is 0 Å². The van der Waals surface area contributed by atoms with Crippen molar-refractivity contribution in [2.45, 2.75) is 72.1 Å². The fourth-order valence-corrected chi connectivity index (χ4v) is 1.63. The highest BCUT2D eigenvalue weighted by atomic mass is 16.4. The van der Waals surface area contributed by atoms with Crippen LogP contribution >= 0.6 is 0 Å². The molecule has 0 saturated heterocycles.